The van der Waals surface area contributed by atoms with Crippen LogP contribution in [0.4, 0.5) is 0 Å². The van der Waals surface area contributed by atoms with Crippen LogP contribution in [0.3, 0.4) is 0 Å². The van der Waals surface area contributed by atoms with Gasteiger partial charge < -0.3 is 9.84 Å². The molecular formula is C12H18O3. The minimum absolute atomic E-state index is 0.350. The first-order chi connectivity index (χ1) is 7.19. The molecule has 0 radical (unpaired) electrons. The molecule has 0 fully saturated rings. The molecule has 1 aromatic rings. The fourth-order valence-electron chi connectivity index (χ4n) is 1.20. The Bertz CT molecular complexity index is 319. The average Bonchev–Trinajstić information content (AvgIpc) is 2.30. The van der Waals surface area contributed by atoms with Crippen molar-refractivity contribution >= 4 is 5.97 Å². The van der Waals surface area contributed by atoms with Gasteiger partial charge in [-0.05, 0) is 30.2 Å². The van der Waals surface area contributed by atoms with Gasteiger partial charge in [-0.3, -0.25) is 0 Å². The van der Waals surface area contributed by atoms with Gasteiger partial charge in [-0.2, -0.15) is 0 Å². The van der Waals surface area contributed by atoms with E-state index >= 15 is 0 Å². The van der Waals surface area contributed by atoms with Gasteiger partial charge in [0.2, 0.25) is 0 Å². The highest BCUT2D eigenvalue weighted by molar-refractivity contribution is 5.89. The van der Waals surface area contributed by atoms with Gasteiger partial charge in [0.05, 0.1) is 12.7 Å². The van der Waals surface area contributed by atoms with Gasteiger partial charge in [0.15, 0.2) is 0 Å². The van der Waals surface area contributed by atoms with Crippen molar-refractivity contribution in [2.24, 2.45) is 0 Å². The van der Waals surface area contributed by atoms with E-state index in [1.54, 1.807) is 25.3 Å². The standard InChI is InChI=1S/C10H12O3.C2H6/c1-3-7-6-8(13-2)4-5-9(7)10(11)12;1-2/h4-6H,3H2,1-2H3,(H,11,12);1-2H3. The summed E-state index contributed by atoms with van der Waals surface area (Å²) in [6.45, 7) is 5.92. The van der Waals surface area contributed by atoms with Crippen LogP contribution in [0.5, 0.6) is 5.75 Å². The number of methoxy groups -OCH3 is 1. The quantitative estimate of drug-likeness (QED) is 0.834. The number of carbonyl (C=O) groups is 1. The normalized spacial score (nSPS) is 8.80. The molecule has 1 aromatic carbocycles. The van der Waals surface area contributed by atoms with Gasteiger partial charge in [-0.15, -0.1) is 0 Å². The van der Waals surface area contributed by atoms with Crippen LogP contribution in [0, 0.1) is 0 Å². The molecule has 3 heteroatoms. The number of ether oxygens (including phenoxy) is 1. The molecule has 15 heavy (non-hydrogen) atoms. The van der Waals surface area contributed by atoms with Crippen LogP contribution in [0.2, 0.25) is 0 Å². The van der Waals surface area contributed by atoms with Crippen molar-refractivity contribution < 1.29 is 14.6 Å². The topological polar surface area (TPSA) is 46.5 Å². The minimum atomic E-state index is -0.889. The van der Waals surface area contributed by atoms with Gasteiger partial charge in [-0.1, -0.05) is 20.8 Å². The van der Waals surface area contributed by atoms with Crippen molar-refractivity contribution in [1.82, 2.24) is 0 Å². The lowest BCUT2D eigenvalue weighted by atomic mass is 10.1. The average molecular weight is 210 g/mol. The highest BCUT2D eigenvalue weighted by Crippen LogP contribution is 2.18. The molecule has 0 unspecified atom stereocenters. The van der Waals surface area contributed by atoms with Crippen molar-refractivity contribution in [3.63, 3.8) is 0 Å². The van der Waals surface area contributed by atoms with E-state index in [-0.39, 0.29) is 0 Å². The van der Waals surface area contributed by atoms with E-state index in [0.29, 0.717) is 17.7 Å². The van der Waals surface area contributed by atoms with Crippen LogP contribution in [0.15, 0.2) is 18.2 Å². The fraction of sp³-hybridized carbons (Fsp3) is 0.417. The van der Waals surface area contributed by atoms with E-state index in [9.17, 15) is 4.79 Å². The Kier molecular flexibility index (Phi) is 6.18. The van der Waals surface area contributed by atoms with E-state index < -0.39 is 5.97 Å². The third-order valence-corrected chi connectivity index (χ3v) is 1.92. The maximum Gasteiger partial charge on any atom is 0.335 e. The minimum Gasteiger partial charge on any atom is -0.497 e. The number of aromatic carboxylic acids is 1. The molecule has 84 valence electrons. The second-order valence-electron chi connectivity index (χ2n) is 2.68. The molecule has 0 amide bonds. The second-order valence-corrected chi connectivity index (χ2v) is 2.68. The Hall–Kier alpha value is -1.51. The van der Waals surface area contributed by atoms with Crippen LogP contribution < -0.4 is 4.74 Å². The molecule has 1 rings (SSSR count). The molecular weight excluding hydrogens is 192 g/mol. The first-order valence-electron chi connectivity index (χ1n) is 5.09. The van der Waals surface area contributed by atoms with Gasteiger partial charge in [0.1, 0.15) is 5.75 Å². The summed E-state index contributed by atoms with van der Waals surface area (Å²) in [5.74, 6) is -0.193. The molecule has 0 saturated carbocycles. The fourth-order valence-corrected chi connectivity index (χ4v) is 1.20. The summed E-state index contributed by atoms with van der Waals surface area (Å²) in [5, 5.41) is 8.82. The lowest BCUT2D eigenvalue weighted by Crippen LogP contribution is -2.01. The molecule has 0 aliphatic carbocycles. The number of rotatable bonds is 3. The summed E-state index contributed by atoms with van der Waals surface area (Å²) >= 11 is 0. The molecule has 0 heterocycles. The smallest absolute Gasteiger partial charge is 0.335 e. The van der Waals surface area contributed by atoms with Crippen molar-refractivity contribution in [3.8, 4) is 5.75 Å². The predicted octanol–water partition coefficient (Wildman–Crippen LogP) is 2.98. The van der Waals surface area contributed by atoms with E-state index in [0.717, 1.165) is 5.56 Å². The highest BCUT2D eigenvalue weighted by atomic mass is 16.5. The van der Waals surface area contributed by atoms with Crippen LogP contribution >= 0.6 is 0 Å². The Balaban J connectivity index is 0.000000921. The number of hydrogen-bond acceptors (Lipinski definition) is 2. The van der Waals surface area contributed by atoms with Crippen molar-refractivity contribution in [1.29, 1.82) is 0 Å². The maximum atomic E-state index is 10.7. The first kappa shape index (κ1) is 13.5. The molecule has 3 nitrogen and oxygen atoms in total. The largest absolute Gasteiger partial charge is 0.497 e. The first-order valence-corrected chi connectivity index (χ1v) is 5.09. The summed E-state index contributed by atoms with van der Waals surface area (Å²) in [7, 11) is 1.56. The van der Waals surface area contributed by atoms with Gasteiger partial charge in [-0.25, -0.2) is 4.79 Å². The van der Waals surface area contributed by atoms with E-state index in [4.69, 9.17) is 9.84 Å². The Labute approximate surface area is 90.7 Å². The Morgan fingerprint density at radius 1 is 1.40 bits per heavy atom. The van der Waals surface area contributed by atoms with Crippen molar-refractivity contribution in [2.45, 2.75) is 27.2 Å². The van der Waals surface area contributed by atoms with Crippen molar-refractivity contribution in [3.05, 3.63) is 29.3 Å². The summed E-state index contributed by atoms with van der Waals surface area (Å²) in [6, 6.07) is 4.98. The predicted molar refractivity (Wildman–Crippen MR) is 60.7 cm³/mol. The molecule has 0 saturated heterocycles. The van der Waals surface area contributed by atoms with Gasteiger partial charge in [0, 0.05) is 0 Å². The number of aryl methyl sites for hydroxylation is 1. The van der Waals surface area contributed by atoms with E-state index in [1.807, 2.05) is 20.8 Å². The third kappa shape index (κ3) is 3.62. The number of benzene rings is 1. The third-order valence-electron chi connectivity index (χ3n) is 1.92. The number of carboxylic acids is 1. The van der Waals surface area contributed by atoms with Crippen LogP contribution in [0.1, 0.15) is 36.7 Å². The Morgan fingerprint density at radius 3 is 2.40 bits per heavy atom. The number of carboxylic acid groups (broad SMARTS) is 1. The number of hydrogen-bond donors (Lipinski definition) is 1. The van der Waals surface area contributed by atoms with Crippen LogP contribution in [-0.4, -0.2) is 18.2 Å². The summed E-state index contributed by atoms with van der Waals surface area (Å²) < 4.78 is 5.00. The molecule has 0 bridgehead atoms. The Morgan fingerprint density at radius 2 is 2.00 bits per heavy atom. The molecule has 0 spiro atoms. The highest BCUT2D eigenvalue weighted by Gasteiger charge is 2.08. The zero-order valence-electron chi connectivity index (χ0n) is 9.70. The van der Waals surface area contributed by atoms with Crippen LogP contribution in [-0.2, 0) is 6.42 Å². The SMILES string of the molecule is CC.CCc1cc(OC)ccc1C(=O)O. The molecule has 0 aromatic heterocycles. The zero-order chi connectivity index (χ0) is 11.8. The van der Waals surface area contributed by atoms with Crippen LogP contribution in [0.25, 0.3) is 0 Å². The van der Waals surface area contributed by atoms with Gasteiger partial charge in [0.25, 0.3) is 0 Å². The lowest BCUT2D eigenvalue weighted by Gasteiger charge is -2.05. The summed E-state index contributed by atoms with van der Waals surface area (Å²) in [6.07, 6.45) is 0.693. The van der Waals surface area contributed by atoms with E-state index in [1.165, 1.54) is 0 Å². The second kappa shape index (κ2) is 6.87. The summed E-state index contributed by atoms with van der Waals surface area (Å²) in [5.41, 5.74) is 1.15. The van der Waals surface area contributed by atoms with Crippen molar-refractivity contribution in [2.75, 3.05) is 7.11 Å². The molecule has 1 N–H and O–H groups in total. The zero-order valence-corrected chi connectivity index (χ0v) is 9.70. The van der Waals surface area contributed by atoms with E-state index in [2.05, 4.69) is 0 Å². The summed E-state index contributed by atoms with van der Waals surface area (Å²) in [4.78, 5) is 10.7. The van der Waals surface area contributed by atoms with Gasteiger partial charge >= 0.3 is 5.97 Å². The molecule has 0 aliphatic heterocycles. The monoisotopic (exact) mass is 210 g/mol. The maximum absolute atomic E-state index is 10.7. The lowest BCUT2D eigenvalue weighted by molar-refractivity contribution is 0.0695. The molecule has 0 atom stereocenters. The molecule has 0 aliphatic rings.